The summed E-state index contributed by atoms with van der Waals surface area (Å²) in [5.41, 5.74) is 2.33. The Morgan fingerprint density at radius 1 is 1.16 bits per heavy atom. The van der Waals surface area contributed by atoms with Crippen LogP contribution >= 0.6 is 0 Å². The summed E-state index contributed by atoms with van der Waals surface area (Å²) < 4.78 is 25.5. The molecule has 0 saturated heterocycles. The number of nitriles is 1. The molecule has 0 aliphatic heterocycles. The fourth-order valence-corrected chi connectivity index (χ4v) is 3.28. The van der Waals surface area contributed by atoms with Crippen molar-refractivity contribution in [2.24, 2.45) is 0 Å². The first-order valence-electron chi connectivity index (χ1n) is 7.70. The molecule has 0 aliphatic rings. The minimum Gasteiger partial charge on any atom is -0.325 e. The number of hydrogen-bond donors (Lipinski definition) is 1. The molecule has 0 aromatic heterocycles. The molecule has 2 rings (SSSR count). The van der Waals surface area contributed by atoms with Gasteiger partial charge in [-0.25, -0.2) is 8.42 Å². The number of anilines is 2. The molecule has 2 aromatic carbocycles. The van der Waals surface area contributed by atoms with E-state index in [-0.39, 0.29) is 6.54 Å². The van der Waals surface area contributed by atoms with Gasteiger partial charge in [0.2, 0.25) is 15.9 Å². The molecule has 0 bridgehead atoms. The zero-order valence-electron chi connectivity index (χ0n) is 14.1. The number of hydrogen-bond acceptors (Lipinski definition) is 4. The predicted molar refractivity (Wildman–Crippen MR) is 97.8 cm³/mol. The Hall–Kier alpha value is -2.85. The average Bonchev–Trinajstić information content (AvgIpc) is 2.59. The lowest BCUT2D eigenvalue weighted by Gasteiger charge is -2.24. The van der Waals surface area contributed by atoms with Gasteiger partial charge < -0.3 is 5.32 Å². The summed E-state index contributed by atoms with van der Waals surface area (Å²) in [5.74, 6) is -0.457. The van der Waals surface area contributed by atoms with Crippen molar-refractivity contribution >= 4 is 27.3 Å². The summed E-state index contributed by atoms with van der Waals surface area (Å²) in [4.78, 5) is 12.3. The number of benzene rings is 2. The number of para-hydroxylation sites is 1. The van der Waals surface area contributed by atoms with Gasteiger partial charge >= 0.3 is 0 Å². The van der Waals surface area contributed by atoms with Gasteiger partial charge in [-0.3, -0.25) is 9.10 Å². The number of amides is 1. The van der Waals surface area contributed by atoms with Crippen LogP contribution in [0.4, 0.5) is 11.4 Å². The number of rotatable bonds is 6. The van der Waals surface area contributed by atoms with E-state index in [0.29, 0.717) is 23.4 Å². The molecule has 0 radical (unpaired) electrons. The number of nitrogens with one attached hydrogen (secondary N) is 1. The lowest BCUT2D eigenvalue weighted by molar-refractivity contribution is -0.114. The van der Waals surface area contributed by atoms with Gasteiger partial charge in [0.25, 0.3) is 0 Å². The average molecular weight is 357 g/mol. The molecule has 0 saturated carbocycles. The number of carbonyl (C=O) groups excluding carboxylic acids is 1. The SMILES string of the molecule is CCc1ccccc1N(CC(=O)Nc1ccc(C#N)cc1)S(C)(=O)=O. The van der Waals surface area contributed by atoms with E-state index in [9.17, 15) is 13.2 Å². The van der Waals surface area contributed by atoms with Crippen LogP contribution in [0.2, 0.25) is 0 Å². The molecule has 0 fully saturated rings. The van der Waals surface area contributed by atoms with Gasteiger partial charge in [0.15, 0.2) is 0 Å². The maximum absolute atomic E-state index is 12.3. The molecular formula is C18H19N3O3S. The highest BCUT2D eigenvalue weighted by atomic mass is 32.2. The summed E-state index contributed by atoms with van der Waals surface area (Å²) >= 11 is 0. The van der Waals surface area contributed by atoms with Crippen molar-refractivity contribution < 1.29 is 13.2 Å². The van der Waals surface area contributed by atoms with Crippen molar-refractivity contribution in [3.8, 4) is 6.07 Å². The van der Waals surface area contributed by atoms with E-state index in [4.69, 9.17) is 5.26 Å². The molecule has 0 unspecified atom stereocenters. The Balaban J connectivity index is 2.22. The van der Waals surface area contributed by atoms with E-state index >= 15 is 0 Å². The van der Waals surface area contributed by atoms with Crippen LogP contribution in [0, 0.1) is 11.3 Å². The highest BCUT2D eigenvalue weighted by Gasteiger charge is 2.22. The molecule has 6 nitrogen and oxygen atoms in total. The summed E-state index contributed by atoms with van der Waals surface area (Å²) in [5, 5.41) is 11.4. The molecule has 1 amide bonds. The van der Waals surface area contributed by atoms with Crippen LogP contribution in [0.25, 0.3) is 0 Å². The number of nitrogens with zero attached hydrogens (tertiary/aromatic N) is 2. The van der Waals surface area contributed by atoms with Crippen LogP contribution in [0.3, 0.4) is 0 Å². The second-order valence-electron chi connectivity index (χ2n) is 5.49. The number of sulfonamides is 1. The van der Waals surface area contributed by atoms with Crippen LogP contribution in [0.5, 0.6) is 0 Å². The summed E-state index contributed by atoms with van der Waals surface area (Å²) in [6, 6.07) is 15.5. The standard InChI is InChI=1S/C18H19N3O3S/c1-3-15-6-4-5-7-17(15)21(25(2,23)24)13-18(22)20-16-10-8-14(12-19)9-11-16/h4-11H,3,13H2,1-2H3,(H,20,22). The Bertz CT molecular complexity index is 900. The fraction of sp³-hybridized carbons (Fsp3) is 0.222. The van der Waals surface area contributed by atoms with Crippen molar-refractivity contribution in [3.63, 3.8) is 0 Å². The minimum absolute atomic E-state index is 0.324. The highest BCUT2D eigenvalue weighted by Crippen LogP contribution is 2.23. The van der Waals surface area contributed by atoms with E-state index in [2.05, 4.69) is 5.32 Å². The highest BCUT2D eigenvalue weighted by molar-refractivity contribution is 7.92. The molecule has 2 aromatic rings. The van der Waals surface area contributed by atoms with E-state index in [1.165, 1.54) is 0 Å². The second-order valence-corrected chi connectivity index (χ2v) is 7.40. The van der Waals surface area contributed by atoms with E-state index < -0.39 is 15.9 Å². The predicted octanol–water partition coefficient (Wildman–Crippen LogP) is 2.53. The van der Waals surface area contributed by atoms with Gasteiger partial charge in [0.05, 0.1) is 23.6 Å². The van der Waals surface area contributed by atoms with E-state index in [0.717, 1.165) is 16.1 Å². The summed E-state index contributed by atoms with van der Waals surface area (Å²) in [7, 11) is -3.62. The van der Waals surface area contributed by atoms with Crippen molar-refractivity contribution in [1.29, 1.82) is 5.26 Å². The van der Waals surface area contributed by atoms with Gasteiger partial charge in [0.1, 0.15) is 6.54 Å². The molecule has 130 valence electrons. The number of aryl methyl sites for hydroxylation is 1. The zero-order valence-corrected chi connectivity index (χ0v) is 14.9. The first kappa shape index (κ1) is 18.5. The molecular weight excluding hydrogens is 338 g/mol. The first-order chi connectivity index (χ1) is 11.8. The van der Waals surface area contributed by atoms with Gasteiger partial charge in [-0.15, -0.1) is 0 Å². The molecule has 0 atom stereocenters. The van der Waals surface area contributed by atoms with Crippen LogP contribution in [-0.2, 0) is 21.2 Å². The van der Waals surface area contributed by atoms with E-state index in [1.807, 2.05) is 25.1 Å². The zero-order chi connectivity index (χ0) is 18.4. The minimum atomic E-state index is -3.62. The smallest absolute Gasteiger partial charge is 0.245 e. The Morgan fingerprint density at radius 3 is 2.36 bits per heavy atom. The lowest BCUT2D eigenvalue weighted by Crippen LogP contribution is -2.38. The Kier molecular flexibility index (Phi) is 5.78. The van der Waals surface area contributed by atoms with Crippen molar-refractivity contribution in [2.45, 2.75) is 13.3 Å². The quantitative estimate of drug-likeness (QED) is 0.860. The van der Waals surface area contributed by atoms with Crippen LogP contribution in [0.15, 0.2) is 48.5 Å². The maximum Gasteiger partial charge on any atom is 0.245 e. The van der Waals surface area contributed by atoms with Gasteiger partial charge in [-0.2, -0.15) is 5.26 Å². The summed E-state index contributed by atoms with van der Waals surface area (Å²) in [6.07, 6.45) is 1.73. The normalized spacial score (nSPS) is 10.8. The molecule has 25 heavy (non-hydrogen) atoms. The van der Waals surface area contributed by atoms with Gasteiger partial charge in [0, 0.05) is 5.69 Å². The van der Waals surface area contributed by atoms with Crippen LogP contribution in [0.1, 0.15) is 18.1 Å². The second kappa shape index (κ2) is 7.81. The van der Waals surface area contributed by atoms with E-state index in [1.54, 1.807) is 36.4 Å². The Morgan fingerprint density at radius 2 is 1.80 bits per heavy atom. The Labute approximate surface area is 147 Å². The molecule has 1 N–H and O–H groups in total. The van der Waals surface area contributed by atoms with Gasteiger partial charge in [-0.05, 0) is 42.3 Å². The first-order valence-corrected chi connectivity index (χ1v) is 9.55. The van der Waals surface area contributed by atoms with Crippen molar-refractivity contribution in [1.82, 2.24) is 0 Å². The number of carbonyl (C=O) groups is 1. The largest absolute Gasteiger partial charge is 0.325 e. The van der Waals surface area contributed by atoms with Crippen LogP contribution in [-0.4, -0.2) is 27.1 Å². The molecule has 7 heteroatoms. The lowest BCUT2D eigenvalue weighted by atomic mass is 10.1. The maximum atomic E-state index is 12.3. The molecule has 0 heterocycles. The third-order valence-electron chi connectivity index (χ3n) is 3.63. The third-order valence-corrected chi connectivity index (χ3v) is 4.75. The topological polar surface area (TPSA) is 90.3 Å². The van der Waals surface area contributed by atoms with Crippen molar-refractivity contribution in [3.05, 3.63) is 59.7 Å². The third kappa shape index (κ3) is 4.81. The van der Waals surface area contributed by atoms with Crippen molar-refractivity contribution in [2.75, 3.05) is 22.4 Å². The molecule has 0 spiro atoms. The molecule has 0 aliphatic carbocycles. The van der Waals surface area contributed by atoms with Gasteiger partial charge in [-0.1, -0.05) is 25.1 Å². The fourth-order valence-electron chi connectivity index (χ4n) is 2.39. The monoisotopic (exact) mass is 357 g/mol. The van der Waals surface area contributed by atoms with Crippen LogP contribution < -0.4 is 9.62 Å². The summed E-state index contributed by atoms with van der Waals surface area (Å²) in [6.45, 7) is 1.60.